The minimum atomic E-state index is -0.582. The van der Waals surface area contributed by atoms with Gasteiger partial charge in [0.15, 0.2) is 5.79 Å². The Morgan fingerprint density at radius 2 is 2.23 bits per heavy atom. The lowest BCUT2D eigenvalue weighted by molar-refractivity contribution is -0.146. The van der Waals surface area contributed by atoms with Crippen LogP contribution in [0.25, 0.3) is 0 Å². The van der Waals surface area contributed by atoms with E-state index in [1.807, 2.05) is 19.9 Å². The van der Waals surface area contributed by atoms with Crippen LogP contribution in [0, 0.1) is 0 Å². The topological polar surface area (TPSA) is 64.7 Å². The Labute approximate surface area is 77.3 Å². The second-order valence-corrected chi connectivity index (χ2v) is 4.00. The van der Waals surface area contributed by atoms with Crippen LogP contribution in [0.4, 0.5) is 0 Å². The molecule has 4 nitrogen and oxygen atoms in total. The molecule has 1 saturated heterocycles. The van der Waals surface area contributed by atoms with Crippen LogP contribution in [0.1, 0.15) is 13.8 Å². The van der Waals surface area contributed by atoms with Crippen LogP contribution in [-0.2, 0) is 9.47 Å². The van der Waals surface area contributed by atoms with E-state index in [1.54, 1.807) is 0 Å². The smallest absolute Gasteiger partial charge is 0.164 e. The molecule has 0 radical (unpaired) electrons. The number of ether oxygens (including phenoxy) is 2. The number of hydrogen-bond donors (Lipinski definition) is 2. The quantitative estimate of drug-likeness (QED) is 0.554. The van der Waals surface area contributed by atoms with E-state index < -0.39 is 5.79 Å². The third-order valence-corrected chi connectivity index (χ3v) is 2.46. The molecule has 13 heavy (non-hydrogen) atoms. The maximum Gasteiger partial charge on any atom is 0.164 e. The van der Waals surface area contributed by atoms with Gasteiger partial charge in [0, 0.05) is 0 Å². The van der Waals surface area contributed by atoms with E-state index >= 15 is 0 Å². The van der Waals surface area contributed by atoms with Gasteiger partial charge >= 0.3 is 0 Å². The molecule has 2 rings (SSSR count). The standard InChI is InChI=1S/C9H15NO3/c1-9(2)12-7-5(4-11)3-6(10)8(7)13-9/h3,6-8,11H,4,10H2,1-2H3/t6-,7-,8+/m1/s1. The van der Waals surface area contributed by atoms with Gasteiger partial charge in [-0.3, -0.25) is 0 Å². The second-order valence-electron chi connectivity index (χ2n) is 4.00. The van der Waals surface area contributed by atoms with Crippen molar-refractivity contribution in [3.8, 4) is 0 Å². The van der Waals surface area contributed by atoms with Crippen LogP contribution < -0.4 is 5.73 Å². The molecule has 1 fully saturated rings. The number of nitrogens with two attached hydrogens (primary N) is 1. The summed E-state index contributed by atoms with van der Waals surface area (Å²) >= 11 is 0. The molecule has 0 amide bonds. The molecule has 1 heterocycles. The highest BCUT2D eigenvalue weighted by Crippen LogP contribution is 2.37. The Kier molecular flexibility index (Phi) is 1.96. The molecule has 1 aliphatic heterocycles. The van der Waals surface area contributed by atoms with Crippen molar-refractivity contribution >= 4 is 0 Å². The van der Waals surface area contributed by atoms with E-state index in [-0.39, 0.29) is 24.9 Å². The van der Waals surface area contributed by atoms with E-state index in [1.165, 1.54) is 0 Å². The molecular weight excluding hydrogens is 170 g/mol. The van der Waals surface area contributed by atoms with Crippen molar-refractivity contribution in [3.63, 3.8) is 0 Å². The summed E-state index contributed by atoms with van der Waals surface area (Å²) in [5.74, 6) is -0.582. The Bertz CT molecular complexity index is 249. The van der Waals surface area contributed by atoms with Crippen LogP contribution >= 0.6 is 0 Å². The van der Waals surface area contributed by atoms with Gasteiger partial charge in [0.1, 0.15) is 12.2 Å². The molecule has 0 bridgehead atoms. The molecule has 3 N–H and O–H groups in total. The first-order valence-electron chi connectivity index (χ1n) is 4.46. The summed E-state index contributed by atoms with van der Waals surface area (Å²) in [6, 6.07) is -0.158. The van der Waals surface area contributed by atoms with E-state index in [2.05, 4.69) is 0 Å². The average molecular weight is 185 g/mol. The Hall–Kier alpha value is -0.420. The molecule has 4 heteroatoms. The van der Waals surface area contributed by atoms with Gasteiger partial charge < -0.3 is 20.3 Å². The predicted octanol–water partition coefficient (Wildman–Crippen LogP) is -0.234. The van der Waals surface area contributed by atoms with Crippen molar-refractivity contribution in [1.29, 1.82) is 0 Å². The first-order valence-corrected chi connectivity index (χ1v) is 4.46. The van der Waals surface area contributed by atoms with E-state index in [0.29, 0.717) is 0 Å². The first kappa shape index (κ1) is 9.15. The van der Waals surface area contributed by atoms with Crippen LogP contribution in [0.5, 0.6) is 0 Å². The first-order chi connectivity index (χ1) is 6.03. The van der Waals surface area contributed by atoms with Gasteiger partial charge in [-0.1, -0.05) is 6.08 Å². The summed E-state index contributed by atoms with van der Waals surface area (Å²) in [7, 11) is 0. The van der Waals surface area contributed by atoms with Crippen molar-refractivity contribution in [2.75, 3.05) is 6.61 Å². The summed E-state index contributed by atoms with van der Waals surface area (Å²) in [5, 5.41) is 9.04. The van der Waals surface area contributed by atoms with Crippen LogP contribution in [0.2, 0.25) is 0 Å². The molecule has 3 atom stereocenters. The number of aliphatic hydroxyl groups excluding tert-OH is 1. The number of hydrogen-bond acceptors (Lipinski definition) is 4. The molecule has 0 aromatic rings. The molecule has 1 aliphatic carbocycles. The maximum atomic E-state index is 9.04. The highest BCUT2D eigenvalue weighted by molar-refractivity contribution is 5.26. The fourth-order valence-electron chi connectivity index (χ4n) is 1.94. The second kappa shape index (κ2) is 2.78. The molecule has 0 aromatic heterocycles. The van der Waals surface area contributed by atoms with Gasteiger partial charge in [-0.15, -0.1) is 0 Å². The Morgan fingerprint density at radius 1 is 1.54 bits per heavy atom. The van der Waals surface area contributed by atoms with Gasteiger partial charge in [0.25, 0.3) is 0 Å². The predicted molar refractivity (Wildman–Crippen MR) is 47.0 cm³/mol. The SMILES string of the molecule is CC1(C)O[C@H]2[C@H](N)C=C(CO)[C@H]2O1. The van der Waals surface area contributed by atoms with Crippen LogP contribution in [0.15, 0.2) is 11.6 Å². The Morgan fingerprint density at radius 3 is 2.85 bits per heavy atom. The number of rotatable bonds is 1. The maximum absolute atomic E-state index is 9.04. The lowest BCUT2D eigenvalue weighted by Crippen LogP contribution is -2.35. The zero-order valence-electron chi connectivity index (χ0n) is 7.86. The van der Waals surface area contributed by atoms with Crippen LogP contribution in [0.3, 0.4) is 0 Å². The monoisotopic (exact) mass is 185 g/mol. The number of fused-ring (bicyclic) bond motifs is 1. The zero-order valence-corrected chi connectivity index (χ0v) is 7.86. The third-order valence-electron chi connectivity index (χ3n) is 2.46. The molecule has 0 aromatic carbocycles. The highest BCUT2D eigenvalue weighted by Gasteiger charge is 2.48. The van der Waals surface area contributed by atoms with Crippen LogP contribution in [-0.4, -0.2) is 35.8 Å². The molecule has 74 valence electrons. The number of aliphatic hydroxyl groups is 1. The van der Waals surface area contributed by atoms with E-state index in [9.17, 15) is 0 Å². The summed E-state index contributed by atoms with van der Waals surface area (Å²) in [6.07, 6.45) is 1.54. The summed E-state index contributed by atoms with van der Waals surface area (Å²) in [4.78, 5) is 0. The van der Waals surface area contributed by atoms with Crippen molar-refractivity contribution < 1.29 is 14.6 Å². The van der Waals surface area contributed by atoms with Gasteiger partial charge in [0.05, 0.1) is 12.6 Å². The molecule has 0 saturated carbocycles. The minimum Gasteiger partial charge on any atom is -0.392 e. The van der Waals surface area contributed by atoms with E-state index in [0.717, 1.165) is 5.57 Å². The van der Waals surface area contributed by atoms with Gasteiger partial charge in [-0.05, 0) is 19.4 Å². The molecular formula is C9H15NO3. The summed E-state index contributed by atoms with van der Waals surface area (Å²) in [5.41, 5.74) is 6.65. The van der Waals surface area contributed by atoms with Crippen molar-refractivity contribution in [2.45, 2.75) is 37.9 Å². The highest BCUT2D eigenvalue weighted by atomic mass is 16.8. The lowest BCUT2D eigenvalue weighted by Gasteiger charge is -2.18. The fraction of sp³-hybridized carbons (Fsp3) is 0.778. The molecule has 0 spiro atoms. The van der Waals surface area contributed by atoms with Crippen molar-refractivity contribution in [3.05, 3.63) is 11.6 Å². The van der Waals surface area contributed by atoms with Gasteiger partial charge in [-0.2, -0.15) is 0 Å². The largest absolute Gasteiger partial charge is 0.392 e. The molecule has 2 aliphatic rings. The van der Waals surface area contributed by atoms with Gasteiger partial charge in [-0.25, -0.2) is 0 Å². The normalized spacial score (nSPS) is 41.8. The van der Waals surface area contributed by atoms with Gasteiger partial charge in [0.2, 0.25) is 0 Å². The fourth-order valence-corrected chi connectivity index (χ4v) is 1.94. The third kappa shape index (κ3) is 1.40. The molecule has 0 unspecified atom stereocenters. The Balaban J connectivity index is 2.19. The minimum absolute atomic E-state index is 0.00565. The average Bonchev–Trinajstić information content (AvgIpc) is 2.47. The lowest BCUT2D eigenvalue weighted by atomic mass is 10.1. The van der Waals surface area contributed by atoms with Crippen molar-refractivity contribution in [1.82, 2.24) is 0 Å². The van der Waals surface area contributed by atoms with Crippen molar-refractivity contribution in [2.24, 2.45) is 5.73 Å². The summed E-state index contributed by atoms with van der Waals surface area (Å²) < 4.78 is 11.2. The van der Waals surface area contributed by atoms with E-state index in [4.69, 9.17) is 20.3 Å². The zero-order chi connectivity index (χ0) is 9.64. The summed E-state index contributed by atoms with van der Waals surface area (Å²) in [6.45, 7) is 3.70.